The molecule has 5 heteroatoms. The Morgan fingerprint density at radius 1 is 1.48 bits per heavy atom. The monoisotopic (exact) mass is 352 g/mol. The van der Waals surface area contributed by atoms with Crippen LogP contribution in [0.2, 0.25) is 0 Å². The zero-order chi connectivity index (χ0) is 15.1. The number of rotatable bonds is 3. The number of halogens is 1. The first-order chi connectivity index (χ1) is 10.0. The number of nitrogens with two attached hydrogens (primary N) is 1. The van der Waals surface area contributed by atoms with Gasteiger partial charge in [0.2, 0.25) is 0 Å². The molecule has 0 spiro atoms. The molecule has 1 fully saturated rings. The van der Waals surface area contributed by atoms with E-state index in [1.54, 1.807) is 7.11 Å². The Hall–Kier alpha value is -1.04. The molecule has 2 atom stereocenters. The van der Waals surface area contributed by atoms with E-state index in [0.717, 1.165) is 46.5 Å². The van der Waals surface area contributed by atoms with Crippen molar-refractivity contribution in [2.75, 3.05) is 27.2 Å². The lowest BCUT2D eigenvalue weighted by Crippen LogP contribution is -2.20. The van der Waals surface area contributed by atoms with Gasteiger partial charge in [0.05, 0.1) is 7.11 Å². The second kappa shape index (κ2) is 5.63. The Morgan fingerprint density at radius 3 is 2.86 bits per heavy atom. The average Bonchev–Trinajstić information content (AvgIpc) is 3.03. The number of methoxy groups -OCH3 is 1. The number of fused-ring (bicyclic) bond motifs is 1. The first-order valence-corrected chi connectivity index (χ1v) is 8.01. The highest BCUT2D eigenvalue weighted by molar-refractivity contribution is 9.10. The predicted octanol–water partition coefficient (Wildman–Crippen LogP) is 3.46. The highest BCUT2D eigenvalue weighted by Gasteiger charge is 2.32. The molecule has 3 rings (SSSR count). The number of aryl methyl sites for hydroxylation is 1. The second-order valence-electron chi connectivity index (χ2n) is 5.87. The van der Waals surface area contributed by atoms with Crippen LogP contribution in [0.15, 0.2) is 21.0 Å². The highest BCUT2D eigenvalue weighted by Crippen LogP contribution is 2.44. The minimum atomic E-state index is 0.362. The fraction of sp³-hybridized carbons (Fsp3) is 0.500. The van der Waals surface area contributed by atoms with E-state index in [-0.39, 0.29) is 0 Å². The van der Waals surface area contributed by atoms with Crippen molar-refractivity contribution in [3.8, 4) is 5.75 Å². The van der Waals surface area contributed by atoms with E-state index in [2.05, 4.69) is 40.0 Å². The van der Waals surface area contributed by atoms with Gasteiger partial charge in [0, 0.05) is 22.4 Å². The molecule has 1 aliphatic heterocycles. The smallest absolute Gasteiger partial charge is 0.177 e. The molecule has 0 bridgehead atoms. The van der Waals surface area contributed by atoms with Gasteiger partial charge in [0.1, 0.15) is 5.76 Å². The molecule has 2 heterocycles. The first kappa shape index (κ1) is 14.9. The van der Waals surface area contributed by atoms with Crippen LogP contribution < -0.4 is 10.5 Å². The Morgan fingerprint density at radius 2 is 2.24 bits per heavy atom. The summed E-state index contributed by atoms with van der Waals surface area (Å²) in [7, 11) is 3.84. The van der Waals surface area contributed by atoms with Crippen LogP contribution in [-0.2, 0) is 0 Å². The van der Waals surface area contributed by atoms with E-state index in [1.165, 1.54) is 5.56 Å². The van der Waals surface area contributed by atoms with Gasteiger partial charge in [-0.15, -0.1) is 0 Å². The minimum absolute atomic E-state index is 0.362. The van der Waals surface area contributed by atoms with Gasteiger partial charge in [-0.3, -0.25) is 4.90 Å². The van der Waals surface area contributed by atoms with Crippen molar-refractivity contribution in [2.45, 2.75) is 19.4 Å². The number of nitrogens with zero attached hydrogens (tertiary/aromatic N) is 1. The van der Waals surface area contributed by atoms with Crippen LogP contribution in [-0.4, -0.2) is 32.1 Å². The van der Waals surface area contributed by atoms with Crippen LogP contribution in [0, 0.1) is 12.8 Å². The molecule has 1 aromatic heterocycles. The molecule has 2 aromatic rings. The number of benzene rings is 1. The molecular weight excluding hydrogens is 332 g/mol. The van der Waals surface area contributed by atoms with Crippen LogP contribution in [0.5, 0.6) is 5.75 Å². The second-order valence-corrected chi connectivity index (χ2v) is 6.67. The van der Waals surface area contributed by atoms with Crippen molar-refractivity contribution >= 4 is 26.9 Å². The number of ether oxygens (including phenoxy) is 1. The normalized spacial score (nSPS) is 23.1. The molecule has 2 N–H and O–H groups in total. The number of likely N-dealkylation sites (tertiary alicyclic amines) is 1. The van der Waals surface area contributed by atoms with Crippen molar-refractivity contribution in [3.63, 3.8) is 0 Å². The van der Waals surface area contributed by atoms with Gasteiger partial charge in [0.15, 0.2) is 11.3 Å². The molecule has 0 aliphatic carbocycles. The quantitative estimate of drug-likeness (QED) is 0.918. The molecule has 2 unspecified atom stereocenters. The Kier molecular flexibility index (Phi) is 3.99. The maximum Gasteiger partial charge on any atom is 0.177 e. The lowest BCUT2D eigenvalue weighted by atomic mass is 9.98. The summed E-state index contributed by atoms with van der Waals surface area (Å²) in [5.74, 6) is 2.24. The Labute approximate surface area is 133 Å². The predicted molar refractivity (Wildman–Crippen MR) is 87.7 cm³/mol. The fourth-order valence-corrected chi connectivity index (χ4v) is 3.99. The van der Waals surface area contributed by atoms with Gasteiger partial charge in [-0.2, -0.15) is 0 Å². The van der Waals surface area contributed by atoms with E-state index in [4.69, 9.17) is 14.9 Å². The van der Waals surface area contributed by atoms with Crippen molar-refractivity contribution in [1.29, 1.82) is 0 Å². The first-order valence-electron chi connectivity index (χ1n) is 7.22. The lowest BCUT2D eigenvalue weighted by Gasteiger charge is -2.22. The Balaban J connectivity index is 2.12. The molecule has 1 saturated heterocycles. The molecule has 4 nitrogen and oxygen atoms in total. The van der Waals surface area contributed by atoms with E-state index in [1.807, 2.05) is 6.92 Å². The summed E-state index contributed by atoms with van der Waals surface area (Å²) in [4.78, 5) is 2.37. The van der Waals surface area contributed by atoms with Crippen LogP contribution in [0.3, 0.4) is 0 Å². The van der Waals surface area contributed by atoms with Gasteiger partial charge in [-0.25, -0.2) is 0 Å². The highest BCUT2D eigenvalue weighted by atomic mass is 79.9. The van der Waals surface area contributed by atoms with Crippen LogP contribution in [0.4, 0.5) is 0 Å². The zero-order valence-corrected chi connectivity index (χ0v) is 14.2. The summed E-state index contributed by atoms with van der Waals surface area (Å²) >= 11 is 3.76. The van der Waals surface area contributed by atoms with Crippen molar-refractivity contribution in [3.05, 3.63) is 27.9 Å². The fourth-order valence-electron chi connectivity index (χ4n) is 3.32. The van der Waals surface area contributed by atoms with E-state index >= 15 is 0 Å². The van der Waals surface area contributed by atoms with Gasteiger partial charge in [-0.05, 0) is 66.5 Å². The maximum atomic E-state index is 5.85. The number of hydrogen-bond acceptors (Lipinski definition) is 4. The molecule has 0 amide bonds. The summed E-state index contributed by atoms with van der Waals surface area (Å²) in [5.41, 5.74) is 7.90. The Bertz CT molecular complexity index is 668. The van der Waals surface area contributed by atoms with Gasteiger partial charge in [0.25, 0.3) is 0 Å². The number of hydrogen-bond donors (Lipinski definition) is 1. The summed E-state index contributed by atoms with van der Waals surface area (Å²) in [6, 6.07) is 4.51. The van der Waals surface area contributed by atoms with Gasteiger partial charge < -0.3 is 14.9 Å². The van der Waals surface area contributed by atoms with Gasteiger partial charge >= 0.3 is 0 Å². The van der Waals surface area contributed by atoms with Crippen LogP contribution >= 0.6 is 15.9 Å². The van der Waals surface area contributed by atoms with E-state index in [0.29, 0.717) is 12.0 Å². The molecule has 1 aliphatic rings. The van der Waals surface area contributed by atoms with E-state index in [9.17, 15) is 0 Å². The van der Waals surface area contributed by atoms with Gasteiger partial charge in [-0.1, -0.05) is 0 Å². The molecule has 0 radical (unpaired) electrons. The summed E-state index contributed by atoms with van der Waals surface area (Å²) in [6.45, 7) is 3.73. The molecule has 1 aromatic carbocycles. The largest absolute Gasteiger partial charge is 0.493 e. The standard InChI is InChI=1S/C16H21BrN2O2/c1-9-4-12-15(17)11(6-14(20-3)16(12)21-9)13-5-10(7-18)8-19(13)2/h4,6,10,13H,5,7-8,18H2,1-3H3. The van der Waals surface area contributed by atoms with Crippen molar-refractivity contribution < 1.29 is 9.15 Å². The topological polar surface area (TPSA) is 51.6 Å². The molecule has 0 saturated carbocycles. The molecule has 114 valence electrons. The SMILES string of the molecule is COc1cc(C2CC(CN)CN2C)c(Br)c2cc(C)oc12. The third kappa shape index (κ3) is 2.47. The third-order valence-corrected chi connectivity index (χ3v) is 5.29. The average molecular weight is 353 g/mol. The summed E-state index contributed by atoms with van der Waals surface area (Å²) in [6.07, 6.45) is 1.08. The lowest BCUT2D eigenvalue weighted by molar-refractivity contribution is 0.312. The minimum Gasteiger partial charge on any atom is -0.493 e. The maximum absolute atomic E-state index is 5.85. The van der Waals surface area contributed by atoms with Crippen molar-refractivity contribution in [1.82, 2.24) is 4.90 Å². The number of furan rings is 1. The van der Waals surface area contributed by atoms with E-state index < -0.39 is 0 Å². The zero-order valence-electron chi connectivity index (χ0n) is 12.6. The summed E-state index contributed by atoms with van der Waals surface area (Å²) < 4.78 is 12.4. The van der Waals surface area contributed by atoms with Crippen molar-refractivity contribution in [2.24, 2.45) is 11.7 Å². The third-order valence-electron chi connectivity index (χ3n) is 4.40. The summed E-state index contributed by atoms with van der Waals surface area (Å²) in [5, 5.41) is 1.08. The van der Waals surface area contributed by atoms with Crippen LogP contribution in [0.1, 0.15) is 23.8 Å². The molecular formula is C16H21BrN2O2. The molecule has 21 heavy (non-hydrogen) atoms. The van der Waals surface area contributed by atoms with Crippen LogP contribution in [0.25, 0.3) is 11.0 Å².